The molecule has 1 saturated carbocycles. The molecule has 13 heteroatoms. The van der Waals surface area contributed by atoms with E-state index in [1.807, 2.05) is 18.2 Å². The van der Waals surface area contributed by atoms with Gasteiger partial charge in [0.2, 0.25) is 23.6 Å². The van der Waals surface area contributed by atoms with E-state index in [9.17, 15) is 28.7 Å². The first kappa shape index (κ1) is 33.9. The van der Waals surface area contributed by atoms with Crippen molar-refractivity contribution in [2.24, 2.45) is 29.1 Å². The van der Waals surface area contributed by atoms with Crippen LogP contribution in [0.3, 0.4) is 0 Å². The highest BCUT2D eigenvalue weighted by molar-refractivity contribution is 9.10. The van der Waals surface area contributed by atoms with Gasteiger partial charge in [0.25, 0.3) is 0 Å². The number of phenolic OH excluding ortho intramolecular Hbond substituents is 1. The van der Waals surface area contributed by atoms with Crippen molar-refractivity contribution in [1.29, 1.82) is 0 Å². The van der Waals surface area contributed by atoms with Crippen molar-refractivity contribution < 1.29 is 38.1 Å². The predicted octanol–water partition coefficient (Wildman–Crippen LogP) is 6.23. The number of carbonyl (C=O) groups excluding carboxylic acids is 4. The molecule has 3 heterocycles. The van der Waals surface area contributed by atoms with E-state index < -0.39 is 52.6 Å². The Morgan fingerprint density at radius 2 is 1.61 bits per heavy atom. The lowest BCUT2D eigenvalue weighted by Gasteiger charge is -2.49. The molecule has 4 fully saturated rings. The molecule has 3 aliphatic heterocycles. The highest BCUT2D eigenvalue weighted by Crippen LogP contribution is 2.65. The van der Waals surface area contributed by atoms with Crippen LogP contribution in [-0.2, 0) is 23.9 Å². The van der Waals surface area contributed by atoms with E-state index in [4.69, 9.17) is 21.1 Å². The third kappa shape index (κ3) is 5.04. The smallest absolute Gasteiger partial charge is 0.241 e. The normalized spacial score (nSPS) is 28.8. The van der Waals surface area contributed by atoms with Gasteiger partial charge in [0, 0.05) is 34.7 Å². The number of nitrogens with zero attached hydrogens (tertiary/aromatic N) is 3. The second-order valence-electron chi connectivity index (χ2n) is 13.9. The summed E-state index contributed by atoms with van der Waals surface area (Å²) in [4.78, 5) is 62.2. The first-order chi connectivity index (χ1) is 24.4. The lowest BCUT2D eigenvalue weighted by molar-refractivity contribution is -0.131. The number of anilines is 3. The van der Waals surface area contributed by atoms with Gasteiger partial charge in [-0.25, -0.2) is 9.29 Å². The van der Waals surface area contributed by atoms with Gasteiger partial charge in [0.1, 0.15) is 5.82 Å². The summed E-state index contributed by atoms with van der Waals surface area (Å²) >= 11 is 9.62. The summed E-state index contributed by atoms with van der Waals surface area (Å²) in [6.07, 6.45) is 2.27. The minimum atomic E-state index is -1.43. The van der Waals surface area contributed by atoms with Gasteiger partial charge >= 0.3 is 0 Å². The Bertz CT molecular complexity index is 2040. The van der Waals surface area contributed by atoms with Crippen molar-refractivity contribution in [2.45, 2.75) is 25.7 Å². The monoisotopic (exact) mass is 777 g/mol. The fraction of sp³-hybridized carbons (Fsp3) is 0.368. The minimum Gasteiger partial charge on any atom is -0.504 e. The van der Waals surface area contributed by atoms with E-state index in [0.29, 0.717) is 34.5 Å². The number of halogens is 3. The molecule has 10 nitrogen and oxygen atoms in total. The Morgan fingerprint density at radius 3 is 2.29 bits per heavy atom. The molecule has 264 valence electrons. The second kappa shape index (κ2) is 12.5. The summed E-state index contributed by atoms with van der Waals surface area (Å²) in [5, 5.41) is 11.4. The van der Waals surface area contributed by atoms with Gasteiger partial charge < -0.3 is 19.5 Å². The zero-order chi connectivity index (χ0) is 35.9. The number of hydrogen-bond acceptors (Lipinski definition) is 8. The highest BCUT2D eigenvalue weighted by atomic mass is 79.9. The Labute approximate surface area is 306 Å². The van der Waals surface area contributed by atoms with Gasteiger partial charge in [0.05, 0.1) is 59.9 Å². The highest BCUT2D eigenvalue weighted by Gasteiger charge is 2.68. The Kier molecular flexibility index (Phi) is 8.27. The molecule has 0 aromatic heterocycles. The van der Waals surface area contributed by atoms with Crippen LogP contribution in [0, 0.1) is 34.9 Å². The first-order valence-electron chi connectivity index (χ1n) is 16.9. The fourth-order valence-electron chi connectivity index (χ4n) is 9.09. The maximum Gasteiger partial charge on any atom is 0.241 e. The molecule has 2 aliphatic carbocycles. The summed E-state index contributed by atoms with van der Waals surface area (Å²) in [6, 6.07) is 14.3. The number of allylic oxidation sites excluding steroid dienone is 2. The molecule has 0 unspecified atom stereocenters. The molecule has 3 aromatic carbocycles. The minimum absolute atomic E-state index is 0.116. The van der Waals surface area contributed by atoms with Crippen molar-refractivity contribution in [3.63, 3.8) is 0 Å². The topological polar surface area (TPSA) is 117 Å². The van der Waals surface area contributed by atoms with Crippen LogP contribution < -0.4 is 19.4 Å². The average Bonchev–Trinajstić information content (AvgIpc) is 3.50. The van der Waals surface area contributed by atoms with Gasteiger partial charge in [-0.3, -0.25) is 24.1 Å². The van der Waals surface area contributed by atoms with Crippen molar-refractivity contribution >= 4 is 68.2 Å². The molecule has 1 N–H and O–H groups in total. The van der Waals surface area contributed by atoms with E-state index >= 15 is 0 Å². The summed E-state index contributed by atoms with van der Waals surface area (Å²) < 4.78 is 25.7. The Morgan fingerprint density at radius 1 is 0.922 bits per heavy atom. The van der Waals surface area contributed by atoms with Crippen molar-refractivity contribution in [3.05, 3.63) is 87.1 Å². The number of hydrogen-bond donors (Lipinski definition) is 1. The number of aromatic hydroxyl groups is 1. The van der Waals surface area contributed by atoms with Crippen LogP contribution in [0.4, 0.5) is 21.5 Å². The molecule has 3 saturated heterocycles. The number of imide groups is 2. The van der Waals surface area contributed by atoms with Crippen molar-refractivity contribution in [3.8, 4) is 11.5 Å². The fourth-order valence-corrected chi connectivity index (χ4v) is 9.72. The number of phenols is 1. The van der Waals surface area contributed by atoms with Gasteiger partial charge in [0.15, 0.2) is 11.5 Å². The van der Waals surface area contributed by atoms with Gasteiger partial charge in [-0.15, -0.1) is 0 Å². The summed E-state index contributed by atoms with van der Waals surface area (Å²) in [5.74, 6) is -6.36. The number of rotatable bonds is 5. The Hall–Kier alpha value is -4.26. The first-order valence-corrected chi connectivity index (χ1v) is 18.0. The van der Waals surface area contributed by atoms with Crippen molar-refractivity contribution in [2.75, 3.05) is 48.1 Å². The zero-order valence-electron chi connectivity index (χ0n) is 27.8. The number of methoxy groups -OCH3 is 1. The molecule has 51 heavy (non-hydrogen) atoms. The molecule has 6 atom stereocenters. The van der Waals surface area contributed by atoms with Crippen LogP contribution in [0.15, 0.2) is 70.7 Å². The number of fused-ring (bicyclic) bond motifs is 4. The van der Waals surface area contributed by atoms with Gasteiger partial charge in [-0.2, -0.15) is 0 Å². The van der Waals surface area contributed by atoms with E-state index in [1.54, 1.807) is 31.2 Å². The standard InChI is InChI=1S/C38H34BrClFN3O7/c1-38-27(35(47)44(37(38)49)22-7-10-29(41)28(40)17-22)18-25-23(32(38)26-15-19(39)16-30(50-2)33(26)45)8-9-24-31(25)36(48)43(34(24)46)21-5-3-20(4-6-21)42-11-13-51-14-12-42/h3-8,10,15-17,24-25,27,31-32,45H,9,11-14,18H2,1-2H3/t24-,25+,27-,31-,32+,38+/m0/s1. The number of morpholine rings is 1. The third-order valence-corrected chi connectivity index (χ3v) is 12.3. The number of benzene rings is 3. The second-order valence-corrected chi connectivity index (χ2v) is 15.3. The van der Waals surface area contributed by atoms with Crippen LogP contribution in [0.2, 0.25) is 5.02 Å². The molecule has 5 aliphatic rings. The molecular weight excluding hydrogens is 745 g/mol. The van der Waals surface area contributed by atoms with Crippen LogP contribution in [0.1, 0.15) is 31.2 Å². The maximum absolute atomic E-state index is 14.7. The lowest BCUT2D eigenvalue weighted by atomic mass is 9.51. The molecule has 8 rings (SSSR count). The van der Waals surface area contributed by atoms with Crippen LogP contribution in [0.5, 0.6) is 11.5 Å². The van der Waals surface area contributed by atoms with E-state index in [2.05, 4.69) is 20.8 Å². The largest absolute Gasteiger partial charge is 0.504 e. The van der Waals surface area contributed by atoms with Crippen LogP contribution in [-0.4, -0.2) is 62.1 Å². The SMILES string of the molecule is COc1cc(Br)cc([C@H]2C3=CC[C@@H]4C(=O)N(c5ccc(N6CCOCC6)cc5)C(=O)[C@@H]4[C@@H]3C[C@H]3C(=O)N(c4ccc(F)c(Cl)c4)C(=O)[C@@]23C)c1O. The summed E-state index contributed by atoms with van der Waals surface area (Å²) in [7, 11) is 1.42. The molecule has 0 bridgehead atoms. The number of ether oxygens (including phenoxy) is 2. The van der Waals surface area contributed by atoms with Gasteiger partial charge in [-0.05, 0) is 80.3 Å². The van der Waals surface area contributed by atoms with E-state index in [0.717, 1.165) is 29.7 Å². The van der Waals surface area contributed by atoms with Gasteiger partial charge in [-0.1, -0.05) is 39.2 Å². The molecule has 0 spiro atoms. The summed E-state index contributed by atoms with van der Waals surface area (Å²) in [6.45, 7) is 4.44. The quantitative estimate of drug-likeness (QED) is 0.240. The number of carbonyl (C=O) groups is 4. The third-order valence-electron chi connectivity index (χ3n) is 11.5. The Balaban J connectivity index is 1.22. The maximum atomic E-state index is 14.7. The molecule has 4 amide bonds. The zero-order valence-corrected chi connectivity index (χ0v) is 30.1. The van der Waals surface area contributed by atoms with Crippen LogP contribution >= 0.6 is 27.5 Å². The average molecular weight is 779 g/mol. The van der Waals surface area contributed by atoms with Crippen molar-refractivity contribution in [1.82, 2.24) is 0 Å². The van der Waals surface area contributed by atoms with E-state index in [-0.39, 0.29) is 46.9 Å². The molecular formula is C38H34BrClFN3O7. The molecule has 0 radical (unpaired) electrons. The lowest BCUT2D eigenvalue weighted by Crippen LogP contribution is -2.49. The van der Waals surface area contributed by atoms with Crippen LogP contribution in [0.25, 0.3) is 0 Å². The van der Waals surface area contributed by atoms with E-state index in [1.165, 1.54) is 24.1 Å². The molecule has 3 aromatic rings. The number of amides is 4. The summed E-state index contributed by atoms with van der Waals surface area (Å²) in [5.41, 5.74) is 1.17. The predicted molar refractivity (Wildman–Crippen MR) is 190 cm³/mol.